The molecule has 2 N–H and O–H groups in total. The fourth-order valence-corrected chi connectivity index (χ4v) is 4.07. The van der Waals surface area contributed by atoms with Crippen molar-refractivity contribution in [3.8, 4) is 11.3 Å². The largest absolute Gasteiger partial charge is 0.378 e. The molecule has 0 saturated carbocycles. The van der Waals surface area contributed by atoms with Crippen molar-refractivity contribution in [2.75, 3.05) is 31.2 Å². The van der Waals surface area contributed by atoms with Crippen LogP contribution in [0.3, 0.4) is 0 Å². The summed E-state index contributed by atoms with van der Waals surface area (Å²) >= 11 is 0. The number of rotatable bonds is 5. The number of aromatic nitrogens is 4. The van der Waals surface area contributed by atoms with Crippen LogP contribution >= 0.6 is 0 Å². The molecule has 4 aromatic rings. The van der Waals surface area contributed by atoms with Crippen molar-refractivity contribution in [3.05, 3.63) is 64.9 Å². The highest BCUT2D eigenvalue weighted by atomic mass is 19.1. The number of nitrogens with zero attached hydrogens (tertiary/aromatic N) is 3. The summed E-state index contributed by atoms with van der Waals surface area (Å²) in [7, 11) is 0. The SMILES string of the molecule is Cc1[nH]nc(C(=O)Cc2cnc3[nH]c(-c4cc(F)cc(N5CCOCC5)c4)cc3c2)c1C. The molecule has 1 fully saturated rings. The number of Topliss-reactive ketones (excluding diaryl/α,β-unsaturated/α-hetero) is 1. The number of benzene rings is 1. The van der Waals surface area contributed by atoms with Crippen molar-refractivity contribution in [1.29, 1.82) is 0 Å². The van der Waals surface area contributed by atoms with Gasteiger partial charge in [-0.2, -0.15) is 5.10 Å². The number of fused-ring (bicyclic) bond motifs is 1. The number of carbonyl (C=O) groups is 1. The van der Waals surface area contributed by atoms with Gasteiger partial charge in [-0.05, 0) is 49.7 Å². The van der Waals surface area contributed by atoms with Gasteiger partial charge in [0.2, 0.25) is 0 Å². The average molecular weight is 433 g/mol. The van der Waals surface area contributed by atoms with E-state index in [1.54, 1.807) is 12.3 Å². The van der Waals surface area contributed by atoms with Crippen LogP contribution in [0.4, 0.5) is 10.1 Å². The Bertz CT molecular complexity index is 1300. The van der Waals surface area contributed by atoms with Gasteiger partial charge in [0.15, 0.2) is 5.78 Å². The predicted octanol–water partition coefficient (Wildman–Crippen LogP) is 3.97. The third-order valence-corrected chi connectivity index (χ3v) is 5.98. The Morgan fingerprint density at radius 3 is 2.72 bits per heavy atom. The van der Waals surface area contributed by atoms with E-state index in [-0.39, 0.29) is 18.0 Å². The third-order valence-electron chi connectivity index (χ3n) is 5.98. The van der Waals surface area contributed by atoms with E-state index in [0.717, 1.165) is 52.2 Å². The molecule has 5 rings (SSSR count). The van der Waals surface area contributed by atoms with E-state index in [4.69, 9.17) is 4.74 Å². The van der Waals surface area contributed by atoms with Crippen LogP contribution in [-0.4, -0.2) is 52.3 Å². The predicted molar refractivity (Wildman–Crippen MR) is 121 cm³/mol. The highest BCUT2D eigenvalue weighted by molar-refractivity contribution is 5.97. The summed E-state index contributed by atoms with van der Waals surface area (Å²) in [6.07, 6.45) is 1.91. The van der Waals surface area contributed by atoms with E-state index < -0.39 is 0 Å². The molecule has 4 heterocycles. The smallest absolute Gasteiger partial charge is 0.187 e. The van der Waals surface area contributed by atoms with Crippen molar-refractivity contribution in [2.24, 2.45) is 0 Å². The fraction of sp³-hybridized carbons (Fsp3) is 0.292. The number of nitrogens with one attached hydrogen (secondary N) is 2. The number of pyridine rings is 1. The first-order valence-corrected chi connectivity index (χ1v) is 10.6. The van der Waals surface area contributed by atoms with Crippen LogP contribution in [0.25, 0.3) is 22.3 Å². The fourth-order valence-electron chi connectivity index (χ4n) is 4.07. The first-order chi connectivity index (χ1) is 15.5. The van der Waals surface area contributed by atoms with Crippen molar-refractivity contribution >= 4 is 22.5 Å². The standard InChI is InChI=1S/C24H24FN5O2/c1-14-15(2)28-29-23(14)22(31)8-16-7-18-11-21(27-24(18)26-13-16)17-9-19(25)12-20(10-17)30-3-5-32-6-4-30/h7,9-13H,3-6,8H2,1-2H3,(H,26,27)(H,28,29). The molecule has 8 heteroatoms. The van der Waals surface area contributed by atoms with Gasteiger partial charge in [-0.1, -0.05) is 0 Å². The molecule has 0 amide bonds. The van der Waals surface area contributed by atoms with Gasteiger partial charge in [0.25, 0.3) is 0 Å². The summed E-state index contributed by atoms with van der Waals surface area (Å²) in [5.74, 6) is -0.337. The normalized spacial score (nSPS) is 14.3. The maximum atomic E-state index is 14.4. The summed E-state index contributed by atoms with van der Waals surface area (Å²) in [4.78, 5) is 22.5. The number of ether oxygens (including phenoxy) is 1. The van der Waals surface area contributed by atoms with Crippen LogP contribution in [0.15, 0.2) is 36.5 Å². The van der Waals surface area contributed by atoms with E-state index in [9.17, 15) is 9.18 Å². The van der Waals surface area contributed by atoms with Crippen molar-refractivity contribution in [2.45, 2.75) is 20.3 Å². The van der Waals surface area contributed by atoms with Gasteiger partial charge in [-0.25, -0.2) is 9.37 Å². The second kappa shape index (κ2) is 8.20. The number of ketones is 1. The molecular formula is C24H24FN5O2. The monoisotopic (exact) mass is 433 g/mol. The Kier molecular flexibility index (Phi) is 5.22. The number of anilines is 1. The lowest BCUT2D eigenvalue weighted by Crippen LogP contribution is -2.36. The lowest BCUT2D eigenvalue weighted by atomic mass is 10.0. The summed E-state index contributed by atoms with van der Waals surface area (Å²) in [6.45, 7) is 6.54. The Balaban J connectivity index is 1.42. The Labute approximate surface area is 184 Å². The molecule has 164 valence electrons. The molecule has 0 atom stereocenters. The number of hydrogen-bond donors (Lipinski definition) is 2. The number of halogens is 1. The minimum Gasteiger partial charge on any atom is -0.378 e. The molecule has 1 aliphatic rings. The molecule has 0 radical (unpaired) electrons. The van der Waals surface area contributed by atoms with E-state index in [1.807, 2.05) is 32.0 Å². The van der Waals surface area contributed by atoms with Gasteiger partial charge in [0, 0.05) is 59.3 Å². The highest BCUT2D eigenvalue weighted by Gasteiger charge is 2.17. The zero-order valence-electron chi connectivity index (χ0n) is 18.0. The molecule has 1 aromatic carbocycles. The minimum atomic E-state index is -0.286. The zero-order chi connectivity index (χ0) is 22.2. The Hall–Kier alpha value is -3.52. The van der Waals surface area contributed by atoms with Gasteiger partial charge in [-0.15, -0.1) is 0 Å². The van der Waals surface area contributed by atoms with E-state index in [2.05, 4.69) is 25.1 Å². The molecule has 32 heavy (non-hydrogen) atoms. The van der Waals surface area contributed by atoms with E-state index in [0.29, 0.717) is 24.6 Å². The van der Waals surface area contributed by atoms with Crippen LogP contribution < -0.4 is 4.90 Å². The Morgan fingerprint density at radius 1 is 1.16 bits per heavy atom. The van der Waals surface area contributed by atoms with Crippen molar-refractivity contribution in [1.82, 2.24) is 20.2 Å². The minimum absolute atomic E-state index is 0.0518. The zero-order valence-corrected chi connectivity index (χ0v) is 18.0. The molecule has 7 nitrogen and oxygen atoms in total. The number of aromatic amines is 2. The first kappa shape index (κ1) is 20.4. The molecule has 0 aliphatic carbocycles. The van der Waals surface area contributed by atoms with E-state index in [1.165, 1.54) is 6.07 Å². The maximum Gasteiger partial charge on any atom is 0.187 e. The Morgan fingerprint density at radius 2 is 1.97 bits per heavy atom. The number of aryl methyl sites for hydroxylation is 1. The number of H-pyrrole nitrogens is 2. The third kappa shape index (κ3) is 3.89. The molecule has 1 aliphatic heterocycles. The second-order valence-corrected chi connectivity index (χ2v) is 8.18. The quantitative estimate of drug-likeness (QED) is 0.465. The molecular weight excluding hydrogens is 409 g/mol. The van der Waals surface area contributed by atoms with E-state index >= 15 is 0 Å². The summed E-state index contributed by atoms with van der Waals surface area (Å²) in [6, 6.07) is 8.93. The van der Waals surface area contributed by atoms with Gasteiger partial charge >= 0.3 is 0 Å². The van der Waals surface area contributed by atoms with Crippen LogP contribution in [-0.2, 0) is 11.2 Å². The second-order valence-electron chi connectivity index (χ2n) is 8.18. The van der Waals surface area contributed by atoms with Gasteiger partial charge in [0.1, 0.15) is 17.2 Å². The number of morpholine rings is 1. The molecule has 0 bridgehead atoms. The molecule has 0 spiro atoms. The topological polar surface area (TPSA) is 86.9 Å². The van der Waals surface area contributed by atoms with Crippen LogP contribution in [0.2, 0.25) is 0 Å². The first-order valence-electron chi connectivity index (χ1n) is 10.6. The molecule has 3 aromatic heterocycles. The molecule has 1 saturated heterocycles. The highest BCUT2D eigenvalue weighted by Crippen LogP contribution is 2.29. The van der Waals surface area contributed by atoms with Crippen LogP contribution in [0.5, 0.6) is 0 Å². The lowest BCUT2D eigenvalue weighted by Gasteiger charge is -2.29. The molecule has 0 unspecified atom stereocenters. The van der Waals surface area contributed by atoms with Gasteiger partial charge in [0.05, 0.1) is 13.2 Å². The van der Waals surface area contributed by atoms with Gasteiger partial charge < -0.3 is 14.6 Å². The summed E-state index contributed by atoms with van der Waals surface area (Å²) in [5.41, 5.74) is 6.10. The average Bonchev–Trinajstić information content (AvgIpc) is 3.37. The number of hydrogen-bond acceptors (Lipinski definition) is 5. The van der Waals surface area contributed by atoms with Crippen molar-refractivity contribution < 1.29 is 13.9 Å². The van der Waals surface area contributed by atoms with Gasteiger partial charge in [-0.3, -0.25) is 9.89 Å². The lowest BCUT2D eigenvalue weighted by molar-refractivity contribution is 0.0987. The maximum absolute atomic E-state index is 14.4. The van der Waals surface area contributed by atoms with Crippen LogP contribution in [0.1, 0.15) is 27.3 Å². The summed E-state index contributed by atoms with van der Waals surface area (Å²) in [5, 5.41) is 7.85. The van der Waals surface area contributed by atoms with Crippen LogP contribution in [0, 0.1) is 19.7 Å². The van der Waals surface area contributed by atoms with Crippen molar-refractivity contribution in [3.63, 3.8) is 0 Å². The summed E-state index contributed by atoms with van der Waals surface area (Å²) < 4.78 is 19.8. The number of carbonyl (C=O) groups excluding carboxylic acids is 1.